The summed E-state index contributed by atoms with van der Waals surface area (Å²) in [7, 11) is 0. The summed E-state index contributed by atoms with van der Waals surface area (Å²) < 4.78 is 6.96. The van der Waals surface area contributed by atoms with E-state index in [9.17, 15) is 20.1 Å². The predicted molar refractivity (Wildman–Crippen MR) is 93.4 cm³/mol. The number of nitrogens with zero attached hydrogens (tertiary/aromatic N) is 3. The van der Waals surface area contributed by atoms with E-state index in [2.05, 4.69) is 10.3 Å². The number of carboxylic acid groups (broad SMARTS) is 1. The minimum atomic E-state index is -1.47. The molecule has 0 aliphatic carbocycles. The number of hydrogen-bond acceptors (Lipinski definition) is 7. The standard InChI is InChI=1S/C18H21N3O6/c1-10-12(21-13(8-19-20-21)11-5-3-2-4-6-11)7-15(18(25)26)27-17(10)16(24)14(23)9-22/h2-8,10,12,14,16-17,22-24H,9H2,1H3,(H,25,26)/t10-,12+,14?,16-,17-/m1/s1. The predicted octanol–water partition coefficient (Wildman–Crippen LogP) is 0.204. The van der Waals surface area contributed by atoms with Crippen LogP contribution in [-0.2, 0) is 9.53 Å². The van der Waals surface area contributed by atoms with E-state index in [0.717, 1.165) is 5.56 Å². The first-order valence-electron chi connectivity index (χ1n) is 8.48. The highest BCUT2D eigenvalue weighted by molar-refractivity contribution is 5.84. The van der Waals surface area contributed by atoms with Gasteiger partial charge in [0.1, 0.15) is 18.3 Å². The number of carboxylic acids is 1. The highest BCUT2D eigenvalue weighted by Gasteiger charge is 2.42. The Balaban J connectivity index is 2.02. The smallest absolute Gasteiger partial charge is 0.370 e. The molecule has 144 valence electrons. The fraction of sp³-hybridized carbons (Fsp3) is 0.389. The Morgan fingerprint density at radius 2 is 2.00 bits per heavy atom. The van der Waals surface area contributed by atoms with E-state index in [0.29, 0.717) is 5.69 Å². The summed E-state index contributed by atoms with van der Waals surface area (Å²) in [5, 5.41) is 46.7. The van der Waals surface area contributed by atoms with E-state index in [-0.39, 0.29) is 5.76 Å². The quantitative estimate of drug-likeness (QED) is 0.562. The minimum Gasteiger partial charge on any atom is -0.480 e. The Morgan fingerprint density at radius 1 is 1.30 bits per heavy atom. The lowest BCUT2D eigenvalue weighted by molar-refractivity contribution is -0.148. The topological polar surface area (TPSA) is 138 Å². The molecule has 2 heterocycles. The van der Waals surface area contributed by atoms with Crippen molar-refractivity contribution in [3.05, 3.63) is 48.4 Å². The molecule has 5 atom stereocenters. The second-order valence-corrected chi connectivity index (χ2v) is 6.44. The van der Waals surface area contributed by atoms with E-state index in [4.69, 9.17) is 9.84 Å². The van der Waals surface area contributed by atoms with Gasteiger partial charge >= 0.3 is 5.97 Å². The lowest BCUT2D eigenvalue weighted by atomic mass is 9.87. The van der Waals surface area contributed by atoms with Crippen LogP contribution in [0.25, 0.3) is 11.3 Å². The largest absolute Gasteiger partial charge is 0.480 e. The zero-order chi connectivity index (χ0) is 19.6. The maximum Gasteiger partial charge on any atom is 0.370 e. The lowest BCUT2D eigenvalue weighted by Crippen LogP contribution is -2.48. The van der Waals surface area contributed by atoms with E-state index < -0.39 is 42.8 Å². The van der Waals surface area contributed by atoms with Gasteiger partial charge in [0, 0.05) is 11.5 Å². The van der Waals surface area contributed by atoms with Gasteiger partial charge in [0.15, 0.2) is 0 Å². The maximum absolute atomic E-state index is 11.5. The third kappa shape index (κ3) is 3.70. The highest BCUT2D eigenvalue weighted by Crippen LogP contribution is 2.36. The van der Waals surface area contributed by atoms with Crippen LogP contribution in [0.2, 0.25) is 0 Å². The first kappa shape index (κ1) is 19.0. The van der Waals surface area contributed by atoms with E-state index in [1.807, 2.05) is 30.3 Å². The van der Waals surface area contributed by atoms with E-state index >= 15 is 0 Å². The summed E-state index contributed by atoms with van der Waals surface area (Å²) in [5.41, 5.74) is 1.52. The van der Waals surface area contributed by atoms with Crippen LogP contribution in [0.15, 0.2) is 48.4 Å². The molecule has 1 unspecified atom stereocenters. The summed E-state index contributed by atoms with van der Waals surface area (Å²) in [6.45, 7) is 1.07. The van der Waals surface area contributed by atoms with Crippen molar-refractivity contribution in [2.75, 3.05) is 6.61 Å². The van der Waals surface area contributed by atoms with Gasteiger partial charge in [-0.15, -0.1) is 5.10 Å². The molecule has 2 aromatic rings. The molecule has 0 saturated heterocycles. The Hall–Kier alpha value is -2.75. The summed E-state index contributed by atoms with van der Waals surface area (Å²) >= 11 is 0. The molecule has 3 rings (SSSR count). The van der Waals surface area contributed by atoms with Crippen molar-refractivity contribution < 1.29 is 30.0 Å². The Kier molecular flexibility index (Phi) is 5.54. The van der Waals surface area contributed by atoms with Crippen LogP contribution in [-0.4, -0.2) is 66.3 Å². The zero-order valence-corrected chi connectivity index (χ0v) is 14.6. The van der Waals surface area contributed by atoms with E-state index in [1.54, 1.807) is 17.8 Å². The Labute approximate surface area is 155 Å². The number of aliphatic carboxylic acids is 1. The molecule has 1 aromatic heterocycles. The van der Waals surface area contributed by atoms with Crippen molar-refractivity contribution in [2.24, 2.45) is 5.92 Å². The van der Waals surface area contributed by atoms with Gasteiger partial charge in [-0.2, -0.15) is 0 Å². The van der Waals surface area contributed by atoms with Gasteiger partial charge in [0.2, 0.25) is 5.76 Å². The number of ether oxygens (including phenoxy) is 1. The minimum absolute atomic E-state index is 0.359. The molecule has 0 bridgehead atoms. The van der Waals surface area contributed by atoms with Crippen molar-refractivity contribution in [2.45, 2.75) is 31.3 Å². The molecule has 9 nitrogen and oxygen atoms in total. The monoisotopic (exact) mass is 375 g/mol. The van der Waals surface area contributed by atoms with Gasteiger partial charge in [0.05, 0.1) is 24.5 Å². The van der Waals surface area contributed by atoms with Crippen molar-refractivity contribution in [1.82, 2.24) is 15.0 Å². The Bertz CT molecular complexity index is 822. The third-order valence-corrected chi connectivity index (χ3v) is 4.70. The van der Waals surface area contributed by atoms with Crippen molar-refractivity contribution >= 4 is 5.97 Å². The number of carbonyl (C=O) groups is 1. The molecule has 0 radical (unpaired) electrons. The molecule has 4 N–H and O–H groups in total. The van der Waals surface area contributed by atoms with Crippen LogP contribution in [0.4, 0.5) is 0 Å². The summed E-state index contributed by atoms with van der Waals surface area (Å²) in [5.74, 6) is -2.13. The summed E-state index contributed by atoms with van der Waals surface area (Å²) in [6, 6.07) is 8.77. The van der Waals surface area contributed by atoms with Gasteiger partial charge < -0.3 is 25.2 Å². The number of aromatic nitrogens is 3. The van der Waals surface area contributed by atoms with Gasteiger partial charge in [-0.25, -0.2) is 9.48 Å². The molecular formula is C18H21N3O6. The fourth-order valence-corrected chi connectivity index (χ4v) is 3.20. The number of allylic oxidation sites excluding steroid dienone is 1. The molecule has 0 saturated carbocycles. The Morgan fingerprint density at radius 3 is 2.63 bits per heavy atom. The molecule has 0 spiro atoms. The molecule has 1 aliphatic heterocycles. The average Bonchev–Trinajstić information content (AvgIpc) is 3.17. The van der Waals surface area contributed by atoms with Gasteiger partial charge in [0.25, 0.3) is 0 Å². The van der Waals surface area contributed by atoms with Crippen LogP contribution >= 0.6 is 0 Å². The number of aliphatic hydroxyl groups excluding tert-OH is 3. The van der Waals surface area contributed by atoms with Crippen LogP contribution in [0.1, 0.15) is 13.0 Å². The van der Waals surface area contributed by atoms with Gasteiger partial charge in [-0.1, -0.05) is 42.5 Å². The molecule has 9 heteroatoms. The molecule has 1 aliphatic rings. The summed E-state index contributed by atoms with van der Waals surface area (Å²) in [6.07, 6.45) is -1.02. The molecule has 0 amide bonds. The first-order chi connectivity index (χ1) is 12.9. The maximum atomic E-state index is 11.5. The van der Waals surface area contributed by atoms with Gasteiger partial charge in [-0.3, -0.25) is 0 Å². The van der Waals surface area contributed by atoms with Gasteiger partial charge in [-0.05, 0) is 6.08 Å². The average molecular weight is 375 g/mol. The fourth-order valence-electron chi connectivity index (χ4n) is 3.20. The van der Waals surface area contributed by atoms with Crippen LogP contribution in [0.5, 0.6) is 0 Å². The first-order valence-corrected chi connectivity index (χ1v) is 8.48. The second kappa shape index (κ2) is 7.87. The van der Waals surface area contributed by atoms with Crippen molar-refractivity contribution in [3.8, 4) is 11.3 Å². The van der Waals surface area contributed by atoms with Crippen molar-refractivity contribution in [1.29, 1.82) is 0 Å². The summed E-state index contributed by atoms with van der Waals surface area (Å²) in [4.78, 5) is 11.5. The van der Waals surface area contributed by atoms with Crippen LogP contribution < -0.4 is 0 Å². The third-order valence-electron chi connectivity index (χ3n) is 4.70. The van der Waals surface area contributed by atoms with Crippen LogP contribution in [0, 0.1) is 5.92 Å². The second-order valence-electron chi connectivity index (χ2n) is 6.44. The number of benzene rings is 1. The molecule has 27 heavy (non-hydrogen) atoms. The number of aliphatic hydroxyl groups is 3. The number of hydrogen-bond donors (Lipinski definition) is 4. The van der Waals surface area contributed by atoms with E-state index in [1.165, 1.54) is 6.08 Å². The zero-order valence-electron chi connectivity index (χ0n) is 14.6. The molecule has 1 aromatic carbocycles. The highest BCUT2D eigenvalue weighted by atomic mass is 16.5. The van der Waals surface area contributed by atoms with Crippen LogP contribution in [0.3, 0.4) is 0 Å². The lowest BCUT2D eigenvalue weighted by Gasteiger charge is -2.38. The number of rotatable bonds is 6. The molecule has 0 fully saturated rings. The SMILES string of the molecule is C[C@H]1[C@H]([C@H](O)C(O)CO)OC(C(=O)O)=C[C@@H]1n1nncc1-c1ccccc1. The molecular weight excluding hydrogens is 354 g/mol. The normalized spacial score (nSPS) is 24.6. The van der Waals surface area contributed by atoms with Crippen molar-refractivity contribution in [3.63, 3.8) is 0 Å².